The Kier molecular flexibility index (Phi) is 3.74. The van der Waals surface area contributed by atoms with Crippen LogP contribution in [-0.2, 0) is 11.2 Å². The van der Waals surface area contributed by atoms with E-state index < -0.39 is 5.97 Å². The van der Waals surface area contributed by atoms with E-state index in [0.717, 1.165) is 0 Å². The second-order valence-electron chi connectivity index (χ2n) is 5.12. The van der Waals surface area contributed by atoms with Gasteiger partial charge in [0, 0.05) is 11.4 Å². The summed E-state index contributed by atoms with van der Waals surface area (Å²) in [5.41, 5.74) is 6.50. The van der Waals surface area contributed by atoms with E-state index in [-0.39, 0.29) is 29.4 Å². The smallest absolute Gasteiger partial charge is 0.335 e. The number of aromatic amines is 2. The summed E-state index contributed by atoms with van der Waals surface area (Å²) in [5.74, 6) is -1.37. The van der Waals surface area contributed by atoms with Crippen molar-refractivity contribution in [1.29, 1.82) is 0 Å². The SMILES string of the molecule is Nc1nc2[nH]c(CC(=O)Nc3ccc(C(=O)O)cc3)cc2c(=O)[nH]1. The lowest BCUT2D eigenvalue weighted by Crippen LogP contribution is -2.14. The lowest BCUT2D eigenvalue weighted by Gasteiger charge is -2.04. The molecule has 0 radical (unpaired) electrons. The fourth-order valence-electron chi connectivity index (χ4n) is 2.26. The van der Waals surface area contributed by atoms with Gasteiger partial charge in [0.2, 0.25) is 11.9 Å². The Morgan fingerprint density at radius 3 is 2.58 bits per heavy atom. The fourth-order valence-corrected chi connectivity index (χ4v) is 2.26. The van der Waals surface area contributed by atoms with Crippen molar-refractivity contribution in [2.24, 2.45) is 0 Å². The molecule has 0 aliphatic rings. The Labute approximate surface area is 134 Å². The third-order valence-electron chi connectivity index (χ3n) is 3.34. The molecule has 24 heavy (non-hydrogen) atoms. The van der Waals surface area contributed by atoms with Crippen LogP contribution >= 0.6 is 0 Å². The number of nitrogen functional groups attached to an aromatic ring is 1. The first-order valence-electron chi connectivity index (χ1n) is 6.93. The van der Waals surface area contributed by atoms with Crippen LogP contribution in [0.2, 0.25) is 0 Å². The van der Waals surface area contributed by atoms with E-state index in [4.69, 9.17) is 10.8 Å². The number of hydrogen-bond donors (Lipinski definition) is 5. The van der Waals surface area contributed by atoms with Crippen LogP contribution in [0.5, 0.6) is 0 Å². The van der Waals surface area contributed by atoms with E-state index in [9.17, 15) is 14.4 Å². The Hall–Kier alpha value is -3.62. The van der Waals surface area contributed by atoms with Gasteiger partial charge in [0.25, 0.3) is 5.56 Å². The first kappa shape index (κ1) is 15.3. The van der Waals surface area contributed by atoms with Crippen molar-refractivity contribution >= 4 is 34.5 Å². The number of hydrogen-bond acceptors (Lipinski definition) is 5. The summed E-state index contributed by atoms with van der Waals surface area (Å²) in [4.78, 5) is 43.8. The molecular formula is C15H13N5O4. The molecule has 1 aromatic carbocycles. The highest BCUT2D eigenvalue weighted by Crippen LogP contribution is 2.13. The third kappa shape index (κ3) is 3.09. The van der Waals surface area contributed by atoms with E-state index in [1.165, 1.54) is 30.3 Å². The van der Waals surface area contributed by atoms with Gasteiger partial charge in [-0.3, -0.25) is 14.6 Å². The molecule has 0 spiro atoms. The molecule has 0 saturated carbocycles. The van der Waals surface area contributed by atoms with Crippen molar-refractivity contribution in [1.82, 2.24) is 15.0 Å². The molecular weight excluding hydrogens is 314 g/mol. The molecule has 9 nitrogen and oxygen atoms in total. The van der Waals surface area contributed by atoms with E-state index in [1.807, 2.05) is 0 Å². The van der Waals surface area contributed by atoms with Gasteiger partial charge >= 0.3 is 5.97 Å². The highest BCUT2D eigenvalue weighted by molar-refractivity contribution is 5.94. The number of benzene rings is 1. The standard InChI is InChI=1S/C15H13N5O4/c16-15-19-12-10(13(22)20-15)5-9(18-12)6-11(21)17-8-3-1-7(2-4-8)14(23)24/h1-5H,6H2,(H,17,21)(H,23,24)(H4,16,18,19,20,22). The lowest BCUT2D eigenvalue weighted by atomic mass is 10.2. The number of carbonyl (C=O) groups excluding carboxylic acids is 1. The minimum absolute atomic E-state index is 0.00358. The van der Waals surface area contributed by atoms with Gasteiger partial charge < -0.3 is 21.1 Å². The zero-order valence-electron chi connectivity index (χ0n) is 12.3. The van der Waals surface area contributed by atoms with Gasteiger partial charge in [-0.15, -0.1) is 0 Å². The number of nitrogens with one attached hydrogen (secondary N) is 3. The van der Waals surface area contributed by atoms with Crippen LogP contribution in [0.4, 0.5) is 11.6 Å². The zero-order chi connectivity index (χ0) is 17.3. The summed E-state index contributed by atoms with van der Waals surface area (Å²) >= 11 is 0. The summed E-state index contributed by atoms with van der Waals surface area (Å²) in [6.07, 6.45) is -0.00358. The van der Waals surface area contributed by atoms with Crippen molar-refractivity contribution in [2.45, 2.75) is 6.42 Å². The molecule has 2 heterocycles. The number of fused-ring (bicyclic) bond motifs is 1. The maximum absolute atomic E-state index is 12.1. The van der Waals surface area contributed by atoms with Crippen LogP contribution in [0.1, 0.15) is 16.1 Å². The van der Waals surface area contributed by atoms with Gasteiger partial charge in [0.1, 0.15) is 5.65 Å². The highest BCUT2D eigenvalue weighted by atomic mass is 16.4. The lowest BCUT2D eigenvalue weighted by molar-refractivity contribution is -0.115. The summed E-state index contributed by atoms with van der Waals surface area (Å²) < 4.78 is 0. The van der Waals surface area contributed by atoms with Crippen LogP contribution in [0.3, 0.4) is 0 Å². The Balaban J connectivity index is 1.74. The second kappa shape index (κ2) is 5.88. The minimum atomic E-state index is -1.04. The Bertz CT molecular complexity index is 987. The van der Waals surface area contributed by atoms with Crippen molar-refractivity contribution < 1.29 is 14.7 Å². The number of aromatic nitrogens is 3. The quantitative estimate of drug-likeness (QED) is 0.475. The highest BCUT2D eigenvalue weighted by Gasteiger charge is 2.11. The van der Waals surface area contributed by atoms with Crippen LogP contribution in [0, 0.1) is 0 Å². The van der Waals surface area contributed by atoms with E-state index in [2.05, 4.69) is 20.3 Å². The number of carboxylic acid groups (broad SMARTS) is 1. The van der Waals surface area contributed by atoms with Gasteiger partial charge in [-0.2, -0.15) is 4.98 Å². The summed E-state index contributed by atoms with van der Waals surface area (Å²) in [6, 6.07) is 7.33. The average Bonchev–Trinajstić information content (AvgIpc) is 2.90. The van der Waals surface area contributed by atoms with Crippen molar-refractivity contribution in [3.8, 4) is 0 Å². The topological polar surface area (TPSA) is 154 Å². The predicted molar refractivity (Wildman–Crippen MR) is 86.9 cm³/mol. The molecule has 3 rings (SSSR count). The summed E-state index contributed by atoms with van der Waals surface area (Å²) in [5, 5.41) is 11.8. The van der Waals surface area contributed by atoms with Gasteiger partial charge in [0.15, 0.2) is 0 Å². The number of carbonyl (C=O) groups is 2. The number of amides is 1. The van der Waals surface area contributed by atoms with E-state index in [1.54, 1.807) is 0 Å². The number of nitrogens with two attached hydrogens (primary N) is 1. The fraction of sp³-hybridized carbons (Fsp3) is 0.0667. The molecule has 0 aliphatic heterocycles. The number of H-pyrrole nitrogens is 2. The molecule has 0 saturated heterocycles. The number of aromatic carboxylic acids is 1. The molecule has 0 fully saturated rings. The molecule has 0 atom stereocenters. The van der Waals surface area contributed by atoms with Gasteiger partial charge in [-0.25, -0.2) is 4.79 Å². The summed E-state index contributed by atoms with van der Waals surface area (Å²) in [7, 11) is 0. The zero-order valence-corrected chi connectivity index (χ0v) is 12.3. The van der Waals surface area contributed by atoms with Crippen molar-refractivity contribution in [2.75, 3.05) is 11.1 Å². The maximum atomic E-state index is 12.1. The van der Waals surface area contributed by atoms with E-state index in [0.29, 0.717) is 22.4 Å². The molecule has 0 bridgehead atoms. The molecule has 3 aromatic rings. The van der Waals surface area contributed by atoms with Crippen molar-refractivity contribution in [3.05, 3.63) is 51.9 Å². The molecule has 6 N–H and O–H groups in total. The first-order chi connectivity index (χ1) is 11.4. The number of nitrogens with zero attached hydrogens (tertiary/aromatic N) is 1. The molecule has 122 valence electrons. The van der Waals surface area contributed by atoms with E-state index >= 15 is 0 Å². The molecule has 1 amide bonds. The first-order valence-corrected chi connectivity index (χ1v) is 6.93. The molecule has 2 aromatic heterocycles. The average molecular weight is 327 g/mol. The molecule has 9 heteroatoms. The maximum Gasteiger partial charge on any atom is 0.335 e. The van der Waals surface area contributed by atoms with Crippen LogP contribution in [0.15, 0.2) is 35.1 Å². The van der Waals surface area contributed by atoms with Gasteiger partial charge in [0.05, 0.1) is 17.4 Å². The van der Waals surface area contributed by atoms with Crippen LogP contribution in [-0.4, -0.2) is 31.9 Å². The van der Waals surface area contributed by atoms with Crippen LogP contribution < -0.4 is 16.6 Å². The second-order valence-corrected chi connectivity index (χ2v) is 5.12. The van der Waals surface area contributed by atoms with Crippen LogP contribution in [0.25, 0.3) is 11.0 Å². The number of rotatable bonds is 4. The number of anilines is 2. The normalized spacial score (nSPS) is 10.7. The van der Waals surface area contributed by atoms with Gasteiger partial charge in [-0.1, -0.05) is 0 Å². The number of carboxylic acids is 1. The van der Waals surface area contributed by atoms with Crippen molar-refractivity contribution in [3.63, 3.8) is 0 Å². The largest absolute Gasteiger partial charge is 0.478 e. The Morgan fingerprint density at radius 1 is 1.21 bits per heavy atom. The predicted octanol–water partition coefficient (Wildman–Crippen LogP) is 0.713. The third-order valence-corrected chi connectivity index (χ3v) is 3.34. The Morgan fingerprint density at radius 2 is 1.92 bits per heavy atom. The summed E-state index contributed by atoms with van der Waals surface area (Å²) in [6.45, 7) is 0. The molecule has 0 aliphatic carbocycles. The van der Waals surface area contributed by atoms with Gasteiger partial charge in [-0.05, 0) is 30.3 Å². The molecule has 0 unspecified atom stereocenters. The monoisotopic (exact) mass is 327 g/mol. The minimum Gasteiger partial charge on any atom is -0.478 e.